The van der Waals surface area contributed by atoms with Crippen molar-refractivity contribution in [3.63, 3.8) is 0 Å². The normalized spacial score (nSPS) is 20.4. The topological polar surface area (TPSA) is 33.1 Å². The number of rotatable bonds is 10. The minimum atomic E-state index is -2.42. The molecule has 3 heteroatoms. The molecular weight excluding hydrogens is 401 g/mol. The van der Waals surface area contributed by atoms with Crippen LogP contribution in [-0.4, -0.2) is 28.5 Å². The van der Waals surface area contributed by atoms with E-state index in [0.717, 1.165) is 24.1 Å². The van der Waals surface area contributed by atoms with E-state index in [1.165, 1.54) is 51.8 Å². The van der Waals surface area contributed by atoms with Crippen LogP contribution in [0.15, 0.2) is 12.3 Å². The molecule has 1 unspecified atom stereocenters. The van der Waals surface area contributed by atoms with E-state index in [-0.39, 0.29) is 0 Å². The van der Waals surface area contributed by atoms with Gasteiger partial charge in [0.05, 0.1) is 0 Å². The third kappa shape index (κ3) is 4.54. The summed E-state index contributed by atoms with van der Waals surface area (Å²) in [5.41, 5.74) is 1.63. The summed E-state index contributed by atoms with van der Waals surface area (Å²) in [6, 6.07) is 2.41. The van der Waals surface area contributed by atoms with Crippen LogP contribution in [0.1, 0.15) is 83.9 Å². The molecule has 1 atom stereocenters. The van der Waals surface area contributed by atoms with Gasteiger partial charge in [0.15, 0.2) is 0 Å². The van der Waals surface area contributed by atoms with E-state index in [4.69, 9.17) is 4.98 Å². The molecule has 1 aliphatic rings. The van der Waals surface area contributed by atoms with Crippen LogP contribution in [0.3, 0.4) is 0 Å². The van der Waals surface area contributed by atoms with E-state index in [1.807, 2.05) is 6.92 Å². The molecule has 0 aromatic carbocycles. The summed E-state index contributed by atoms with van der Waals surface area (Å²) in [5.74, 6) is 0. The van der Waals surface area contributed by atoms with Gasteiger partial charge in [-0.2, -0.15) is 0 Å². The zero-order valence-electron chi connectivity index (χ0n) is 16.3. The van der Waals surface area contributed by atoms with Gasteiger partial charge in [-0.05, 0) is 0 Å². The number of aliphatic hydroxyl groups is 1. The van der Waals surface area contributed by atoms with Crippen molar-refractivity contribution in [2.45, 2.75) is 98.0 Å². The molecule has 0 saturated carbocycles. The Morgan fingerprint density at radius 3 is 2.08 bits per heavy atom. The fourth-order valence-electron chi connectivity index (χ4n) is 4.30. The second kappa shape index (κ2) is 9.02. The van der Waals surface area contributed by atoms with E-state index in [0.29, 0.717) is 0 Å². The Morgan fingerprint density at radius 1 is 1.04 bits per heavy atom. The fraction of sp³-hybridized carbons (Fsp3) is 0.762. The Balaban J connectivity index is 2.40. The summed E-state index contributed by atoms with van der Waals surface area (Å²) < 4.78 is 6.00. The molecule has 0 amide bonds. The Bertz CT molecular complexity index is 505. The molecule has 2 nitrogen and oxygen atoms in total. The van der Waals surface area contributed by atoms with Crippen molar-refractivity contribution < 1.29 is 5.11 Å². The molecule has 2 rings (SSSR count). The molecule has 0 radical (unpaired) electrons. The first-order valence-electron chi connectivity index (χ1n) is 10.2. The van der Waals surface area contributed by atoms with E-state index >= 15 is 0 Å². The van der Waals surface area contributed by atoms with Crippen molar-refractivity contribution in [2.75, 3.05) is 0 Å². The van der Waals surface area contributed by atoms with Gasteiger partial charge < -0.3 is 0 Å². The van der Waals surface area contributed by atoms with E-state index in [9.17, 15) is 5.11 Å². The standard InChI is InChI=1S/C9H10NO.3C4H9.Sn/c1-9(11)5-4-8-7(9)3-2-6-10-8;3*1-3-4-2;/h3,6,11H,4-5H2,1H3;3*1,3-4H2,2H3;. The Labute approximate surface area is 153 Å². The second-order valence-corrected chi connectivity index (χ2v) is 21.3. The summed E-state index contributed by atoms with van der Waals surface area (Å²) in [4.78, 5) is 4.84. The van der Waals surface area contributed by atoms with Gasteiger partial charge in [0.1, 0.15) is 0 Å². The second-order valence-electron chi connectivity index (χ2n) is 8.08. The molecule has 1 aliphatic carbocycles. The van der Waals surface area contributed by atoms with Gasteiger partial charge in [0, 0.05) is 0 Å². The monoisotopic (exact) mass is 439 g/mol. The van der Waals surface area contributed by atoms with Crippen LogP contribution in [0.25, 0.3) is 0 Å². The third-order valence-corrected chi connectivity index (χ3v) is 21.5. The maximum absolute atomic E-state index is 10.7. The molecule has 0 bridgehead atoms. The first-order chi connectivity index (χ1) is 11.5. The predicted octanol–water partition coefficient (Wildman–Crippen LogP) is 5.29. The van der Waals surface area contributed by atoms with Crippen LogP contribution in [-0.2, 0) is 12.0 Å². The molecule has 0 saturated heterocycles. The number of hydrogen-bond acceptors (Lipinski definition) is 2. The van der Waals surface area contributed by atoms with E-state index in [2.05, 4.69) is 33.0 Å². The number of aromatic nitrogens is 1. The molecule has 0 fully saturated rings. The van der Waals surface area contributed by atoms with Gasteiger partial charge in [-0.1, -0.05) is 0 Å². The number of hydrogen-bond donors (Lipinski definition) is 1. The molecule has 1 heterocycles. The van der Waals surface area contributed by atoms with E-state index < -0.39 is 24.0 Å². The van der Waals surface area contributed by atoms with Crippen LogP contribution >= 0.6 is 0 Å². The first kappa shape index (κ1) is 20.2. The number of aryl methyl sites for hydroxylation is 1. The maximum atomic E-state index is 10.7. The Kier molecular flexibility index (Phi) is 7.60. The quantitative estimate of drug-likeness (QED) is 0.504. The van der Waals surface area contributed by atoms with Crippen LogP contribution < -0.4 is 3.58 Å². The van der Waals surface area contributed by atoms with Crippen LogP contribution in [0, 0.1) is 0 Å². The van der Waals surface area contributed by atoms with Crippen LogP contribution in [0.2, 0.25) is 13.3 Å². The van der Waals surface area contributed by atoms with Crippen molar-refractivity contribution >= 4 is 22.0 Å². The van der Waals surface area contributed by atoms with Crippen molar-refractivity contribution in [2.24, 2.45) is 0 Å². The number of unbranched alkanes of at least 4 members (excludes halogenated alkanes) is 3. The van der Waals surface area contributed by atoms with Crippen molar-refractivity contribution in [3.05, 3.63) is 23.5 Å². The molecule has 1 aromatic heterocycles. The molecule has 1 aromatic rings. The van der Waals surface area contributed by atoms with Crippen molar-refractivity contribution in [1.29, 1.82) is 0 Å². The Hall–Kier alpha value is -0.0913. The molecule has 0 aliphatic heterocycles. The number of nitrogens with zero attached hydrogens (tertiary/aromatic N) is 1. The van der Waals surface area contributed by atoms with Gasteiger partial charge in [-0.15, -0.1) is 0 Å². The van der Waals surface area contributed by atoms with Gasteiger partial charge in [-0.25, -0.2) is 0 Å². The first-order valence-corrected chi connectivity index (χ1v) is 17.7. The zero-order valence-corrected chi connectivity index (χ0v) is 19.2. The summed E-state index contributed by atoms with van der Waals surface area (Å²) >= 11 is -2.42. The van der Waals surface area contributed by atoms with E-state index in [1.54, 1.807) is 3.58 Å². The van der Waals surface area contributed by atoms with Crippen molar-refractivity contribution in [1.82, 2.24) is 4.98 Å². The fourth-order valence-corrected chi connectivity index (χ4v) is 20.0. The average Bonchev–Trinajstić information content (AvgIpc) is 2.89. The van der Waals surface area contributed by atoms with Gasteiger partial charge in [-0.3, -0.25) is 0 Å². The van der Waals surface area contributed by atoms with Gasteiger partial charge >= 0.3 is 154 Å². The molecular formula is C21H37NOSn. The van der Waals surface area contributed by atoms with Gasteiger partial charge in [0.25, 0.3) is 0 Å². The minimum absolute atomic E-state index is 0.657. The Morgan fingerprint density at radius 2 is 1.58 bits per heavy atom. The number of pyridine rings is 1. The predicted molar refractivity (Wildman–Crippen MR) is 107 cm³/mol. The van der Waals surface area contributed by atoms with Gasteiger partial charge in [0.2, 0.25) is 0 Å². The SMILES string of the molecule is CCC[CH2][Sn]([CH2]CCC)([CH2]CCC)[c]1cnc2c(c1)C(C)(O)CC2. The molecule has 136 valence electrons. The van der Waals surface area contributed by atoms with Crippen LogP contribution in [0.5, 0.6) is 0 Å². The van der Waals surface area contributed by atoms with Crippen LogP contribution in [0.4, 0.5) is 0 Å². The van der Waals surface area contributed by atoms with Crippen molar-refractivity contribution in [3.8, 4) is 0 Å². The molecule has 24 heavy (non-hydrogen) atoms. The summed E-state index contributed by atoms with van der Waals surface area (Å²) in [5, 5.41) is 10.7. The third-order valence-electron chi connectivity index (χ3n) is 6.04. The summed E-state index contributed by atoms with van der Waals surface area (Å²) in [6.45, 7) is 8.94. The molecule has 0 spiro atoms. The zero-order chi connectivity index (χ0) is 17.6. The molecule has 1 N–H and O–H groups in total. The average molecular weight is 438 g/mol. The summed E-state index contributed by atoms with van der Waals surface area (Å²) in [7, 11) is 0. The summed E-state index contributed by atoms with van der Waals surface area (Å²) in [6.07, 6.45) is 12.0. The number of fused-ring (bicyclic) bond motifs is 1.